The van der Waals surface area contributed by atoms with Gasteiger partial charge in [0, 0.05) is 24.0 Å². The molecule has 1 fully saturated rings. The van der Waals surface area contributed by atoms with Gasteiger partial charge in [-0.05, 0) is 31.7 Å². The maximum absolute atomic E-state index is 12.6. The number of aryl methyl sites for hydroxylation is 1. The predicted molar refractivity (Wildman–Crippen MR) is 109 cm³/mol. The highest BCUT2D eigenvalue weighted by molar-refractivity contribution is 7.89. The molecule has 0 spiro atoms. The second-order valence-electron chi connectivity index (χ2n) is 6.86. The Bertz CT molecular complexity index is 908. The van der Waals surface area contributed by atoms with Gasteiger partial charge in [0.15, 0.2) is 5.13 Å². The van der Waals surface area contributed by atoms with Gasteiger partial charge in [0.1, 0.15) is 0 Å². The minimum absolute atomic E-state index is 0.133. The van der Waals surface area contributed by atoms with Crippen molar-refractivity contribution in [2.45, 2.75) is 33.1 Å². The molecule has 1 aromatic heterocycles. The first-order valence-electron chi connectivity index (χ1n) is 9.21. The fraction of sp³-hybridized carbons (Fsp3) is 0.474. The molecule has 0 bridgehead atoms. The van der Waals surface area contributed by atoms with Crippen LogP contribution in [0.5, 0.6) is 0 Å². The van der Waals surface area contributed by atoms with E-state index in [1.165, 1.54) is 15.6 Å². The van der Waals surface area contributed by atoms with Crippen molar-refractivity contribution in [2.24, 2.45) is 5.92 Å². The van der Waals surface area contributed by atoms with Crippen molar-refractivity contribution in [3.05, 3.63) is 35.2 Å². The lowest BCUT2D eigenvalue weighted by Crippen LogP contribution is -2.44. The molecule has 146 valence electrons. The Balaban J connectivity index is 1.66. The summed E-state index contributed by atoms with van der Waals surface area (Å²) in [7, 11) is -3.27. The number of carbonyl (C=O) groups excluding carboxylic acids is 1. The lowest BCUT2D eigenvalue weighted by Gasteiger charge is -2.30. The number of nitrogens with one attached hydrogen (secondary N) is 1. The summed E-state index contributed by atoms with van der Waals surface area (Å²) < 4.78 is 26.0. The van der Waals surface area contributed by atoms with Crippen LogP contribution in [0.25, 0.3) is 11.3 Å². The number of amides is 1. The molecule has 0 saturated carbocycles. The lowest BCUT2D eigenvalue weighted by atomic mass is 9.99. The Morgan fingerprint density at radius 1 is 1.37 bits per heavy atom. The number of rotatable bonds is 6. The normalized spacial score (nSPS) is 18.4. The molecule has 1 atom stereocenters. The van der Waals surface area contributed by atoms with Gasteiger partial charge < -0.3 is 5.32 Å². The van der Waals surface area contributed by atoms with Crippen LogP contribution < -0.4 is 5.32 Å². The molecule has 1 aliphatic heterocycles. The zero-order valence-electron chi connectivity index (χ0n) is 15.6. The highest BCUT2D eigenvalue weighted by Gasteiger charge is 2.32. The van der Waals surface area contributed by atoms with Crippen molar-refractivity contribution in [1.29, 1.82) is 0 Å². The standard InChI is InChI=1S/C19H25N3O3S2/c1-3-11-27(24,25)22-10-6-8-15(12-22)18(23)21-19-20-17(13-26-19)16-9-5-4-7-14(16)2/h4-5,7,9,13,15H,3,6,8,10-12H2,1-2H3,(H,20,21,23)/t15-/m1/s1. The SMILES string of the molecule is CCCS(=O)(=O)N1CCC[C@@H](C(=O)Nc2nc(-c3ccccc3C)cs2)C1. The number of carbonyl (C=O) groups is 1. The smallest absolute Gasteiger partial charge is 0.230 e. The molecule has 2 aromatic rings. The van der Waals surface area contributed by atoms with Crippen molar-refractivity contribution in [1.82, 2.24) is 9.29 Å². The molecule has 0 unspecified atom stereocenters. The topological polar surface area (TPSA) is 79.4 Å². The zero-order chi connectivity index (χ0) is 19.4. The molecule has 0 radical (unpaired) electrons. The Labute approximate surface area is 164 Å². The highest BCUT2D eigenvalue weighted by atomic mass is 32.2. The first-order valence-corrected chi connectivity index (χ1v) is 11.7. The molecule has 2 heterocycles. The third-order valence-electron chi connectivity index (χ3n) is 4.77. The van der Waals surface area contributed by atoms with E-state index in [2.05, 4.69) is 10.3 Å². The lowest BCUT2D eigenvalue weighted by molar-refractivity contribution is -0.120. The largest absolute Gasteiger partial charge is 0.302 e. The van der Waals surface area contributed by atoms with E-state index in [1.54, 1.807) is 0 Å². The van der Waals surface area contributed by atoms with Gasteiger partial charge in [0.25, 0.3) is 0 Å². The van der Waals surface area contributed by atoms with Crippen LogP contribution in [0.1, 0.15) is 31.7 Å². The summed E-state index contributed by atoms with van der Waals surface area (Å²) in [5, 5.41) is 5.35. The molecule has 0 aliphatic carbocycles. The van der Waals surface area contributed by atoms with E-state index in [9.17, 15) is 13.2 Å². The number of nitrogens with zero attached hydrogens (tertiary/aromatic N) is 2. The van der Waals surface area contributed by atoms with Gasteiger partial charge in [-0.3, -0.25) is 4.79 Å². The van der Waals surface area contributed by atoms with E-state index in [-0.39, 0.29) is 24.1 Å². The van der Waals surface area contributed by atoms with Gasteiger partial charge in [0.2, 0.25) is 15.9 Å². The number of aromatic nitrogens is 1. The van der Waals surface area contributed by atoms with Gasteiger partial charge in [0.05, 0.1) is 17.4 Å². The quantitative estimate of drug-likeness (QED) is 0.795. The summed E-state index contributed by atoms with van der Waals surface area (Å²) in [4.78, 5) is 17.2. The number of hydrogen-bond acceptors (Lipinski definition) is 5. The van der Waals surface area contributed by atoms with Crippen molar-refractivity contribution in [3.8, 4) is 11.3 Å². The molecule has 1 aliphatic rings. The second kappa shape index (κ2) is 8.50. The number of sulfonamides is 1. The van der Waals surface area contributed by atoms with E-state index >= 15 is 0 Å². The zero-order valence-corrected chi connectivity index (χ0v) is 17.3. The van der Waals surface area contributed by atoms with E-state index in [4.69, 9.17) is 0 Å². The van der Waals surface area contributed by atoms with Gasteiger partial charge in [-0.25, -0.2) is 17.7 Å². The molecule has 1 amide bonds. The number of benzene rings is 1. The number of hydrogen-bond donors (Lipinski definition) is 1. The van der Waals surface area contributed by atoms with Gasteiger partial charge >= 0.3 is 0 Å². The van der Waals surface area contributed by atoms with Crippen molar-refractivity contribution >= 4 is 32.4 Å². The molecular formula is C19H25N3O3S2. The Morgan fingerprint density at radius 2 is 2.15 bits per heavy atom. The van der Waals surface area contributed by atoms with Gasteiger partial charge in [-0.15, -0.1) is 11.3 Å². The van der Waals surface area contributed by atoms with Crippen LogP contribution in [0.4, 0.5) is 5.13 Å². The highest BCUT2D eigenvalue weighted by Crippen LogP contribution is 2.28. The minimum atomic E-state index is -3.27. The number of piperidine rings is 1. The molecule has 3 rings (SSSR count). The third-order valence-corrected chi connectivity index (χ3v) is 7.57. The molecule has 8 heteroatoms. The van der Waals surface area contributed by atoms with E-state index in [0.29, 0.717) is 30.9 Å². The average Bonchev–Trinajstić information content (AvgIpc) is 3.10. The Hall–Kier alpha value is -1.77. The van der Waals surface area contributed by atoms with Crippen LogP contribution in [-0.2, 0) is 14.8 Å². The van der Waals surface area contributed by atoms with Crippen LogP contribution in [0.2, 0.25) is 0 Å². The van der Waals surface area contributed by atoms with Crippen LogP contribution in [0.3, 0.4) is 0 Å². The van der Waals surface area contributed by atoms with E-state index in [0.717, 1.165) is 16.8 Å². The van der Waals surface area contributed by atoms with Crippen molar-refractivity contribution in [3.63, 3.8) is 0 Å². The molecular weight excluding hydrogens is 382 g/mol. The van der Waals surface area contributed by atoms with Gasteiger partial charge in [-0.1, -0.05) is 31.2 Å². The summed E-state index contributed by atoms with van der Waals surface area (Å²) in [5.41, 5.74) is 3.01. The molecule has 1 aromatic carbocycles. The number of thiazole rings is 1. The monoisotopic (exact) mass is 407 g/mol. The maximum Gasteiger partial charge on any atom is 0.230 e. The predicted octanol–water partition coefficient (Wildman–Crippen LogP) is 3.51. The first kappa shape index (κ1) is 20.0. The van der Waals surface area contributed by atoms with E-state index in [1.807, 2.05) is 43.5 Å². The third kappa shape index (κ3) is 4.75. The van der Waals surface area contributed by atoms with Crippen LogP contribution >= 0.6 is 11.3 Å². The summed E-state index contributed by atoms with van der Waals surface area (Å²) in [5.74, 6) is -0.360. The van der Waals surface area contributed by atoms with E-state index < -0.39 is 10.0 Å². The summed E-state index contributed by atoms with van der Waals surface area (Å²) in [6.45, 7) is 4.63. The molecule has 1 saturated heterocycles. The van der Waals surface area contributed by atoms with Crippen LogP contribution in [0.15, 0.2) is 29.6 Å². The maximum atomic E-state index is 12.6. The minimum Gasteiger partial charge on any atom is -0.302 e. The second-order valence-corrected chi connectivity index (χ2v) is 9.80. The van der Waals surface area contributed by atoms with Crippen LogP contribution in [-0.4, -0.2) is 42.5 Å². The Kier molecular flexibility index (Phi) is 6.29. The average molecular weight is 408 g/mol. The first-order chi connectivity index (χ1) is 12.9. The number of anilines is 1. The Morgan fingerprint density at radius 3 is 2.89 bits per heavy atom. The van der Waals surface area contributed by atoms with Crippen LogP contribution in [0, 0.1) is 12.8 Å². The van der Waals surface area contributed by atoms with Crippen molar-refractivity contribution in [2.75, 3.05) is 24.2 Å². The molecule has 27 heavy (non-hydrogen) atoms. The molecule has 1 N–H and O–H groups in total. The fourth-order valence-electron chi connectivity index (χ4n) is 3.32. The summed E-state index contributed by atoms with van der Waals surface area (Å²) in [6, 6.07) is 7.98. The summed E-state index contributed by atoms with van der Waals surface area (Å²) >= 11 is 1.38. The fourth-order valence-corrected chi connectivity index (χ4v) is 5.62. The van der Waals surface area contributed by atoms with Crippen molar-refractivity contribution < 1.29 is 13.2 Å². The molecule has 6 nitrogen and oxygen atoms in total. The van der Waals surface area contributed by atoms with Gasteiger partial charge in [-0.2, -0.15) is 0 Å². The summed E-state index contributed by atoms with van der Waals surface area (Å²) in [6.07, 6.45) is 1.98.